The molecule has 0 saturated carbocycles. The van der Waals surface area contributed by atoms with Crippen LogP contribution in [0.3, 0.4) is 0 Å². The van der Waals surface area contributed by atoms with Crippen LogP contribution in [-0.2, 0) is 16.1 Å². The van der Waals surface area contributed by atoms with Gasteiger partial charge in [0.15, 0.2) is 0 Å². The molecule has 4 nitrogen and oxygen atoms in total. The molecule has 1 saturated heterocycles. The number of rotatable bonds is 4. The highest BCUT2D eigenvalue weighted by Gasteiger charge is 2.46. The lowest BCUT2D eigenvalue weighted by Crippen LogP contribution is -2.56. The molecule has 1 aromatic rings. The minimum absolute atomic E-state index is 0.0397. The van der Waals surface area contributed by atoms with Crippen LogP contribution in [0.2, 0.25) is 0 Å². The zero-order chi connectivity index (χ0) is 14.0. The van der Waals surface area contributed by atoms with Gasteiger partial charge in [-0.3, -0.25) is 4.79 Å². The van der Waals surface area contributed by atoms with Crippen molar-refractivity contribution in [2.45, 2.75) is 20.4 Å². The van der Waals surface area contributed by atoms with Crippen molar-refractivity contribution >= 4 is 5.91 Å². The molecule has 1 N–H and O–H groups in total. The van der Waals surface area contributed by atoms with Gasteiger partial charge in [-0.05, 0) is 25.0 Å². The lowest BCUT2D eigenvalue weighted by molar-refractivity contribution is -0.179. The Balaban J connectivity index is 2.10. The summed E-state index contributed by atoms with van der Waals surface area (Å²) < 4.78 is 5.09. The van der Waals surface area contributed by atoms with E-state index in [9.17, 15) is 9.90 Å². The summed E-state index contributed by atoms with van der Waals surface area (Å²) in [7, 11) is 1.78. The third kappa shape index (κ3) is 2.65. The van der Waals surface area contributed by atoms with Crippen LogP contribution < -0.4 is 0 Å². The summed E-state index contributed by atoms with van der Waals surface area (Å²) in [5.41, 5.74) is 2.79. The van der Waals surface area contributed by atoms with Gasteiger partial charge in [0.05, 0.1) is 19.8 Å². The van der Waals surface area contributed by atoms with Crippen LogP contribution in [0.1, 0.15) is 16.7 Å². The van der Waals surface area contributed by atoms with Crippen molar-refractivity contribution in [3.8, 4) is 0 Å². The second-order valence-corrected chi connectivity index (χ2v) is 5.52. The van der Waals surface area contributed by atoms with Gasteiger partial charge >= 0.3 is 0 Å². The summed E-state index contributed by atoms with van der Waals surface area (Å²) in [4.78, 5) is 14.0. The number of carbonyl (C=O) groups is 1. The quantitative estimate of drug-likeness (QED) is 0.890. The third-order valence-corrected chi connectivity index (χ3v) is 3.77. The number of benzene rings is 1. The molecule has 104 valence electrons. The first-order chi connectivity index (χ1) is 8.98. The molecule has 4 heteroatoms. The smallest absolute Gasteiger partial charge is 0.235 e. The van der Waals surface area contributed by atoms with Gasteiger partial charge in [0.2, 0.25) is 5.91 Å². The summed E-state index contributed by atoms with van der Waals surface area (Å²) in [5, 5.41) is 9.39. The van der Waals surface area contributed by atoms with Crippen molar-refractivity contribution in [1.82, 2.24) is 4.90 Å². The number of hydrogen-bond acceptors (Lipinski definition) is 3. The van der Waals surface area contributed by atoms with Crippen LogP contribution in [0.5, 0.6) is 0 Å². The Bertz CT molecular complexity index is 475. The number of amides is 1. The van der Waals surface area contributed by atoms with Gasteiger partial charge in [-0.2, -0.15) is 0 Å². The van der Waals surface area contributed by atoms with E-state index in [4.69, 9.17) is 4.74 Å². The third-order valence-electron chi connectivity index (χ3n) is 3.77. The summed E-state index contributed by atoms with van der Waals surface area (Å²) in [6, 6.07) is 6.23. The molecule has 1 aromatic carbocycles. The van der Waals surface area contributed by atoms with Crippen molar-refractivity contribution < 1.29 is 14.6 Å². The molecule has 1 fully saturated rings. The molecular formula is C15H21NO3. The second-order valence-electron chi connectivity index (χ2n) is 5.52. The van der Waals surface area contributed by atoms with Crippen LogP contribution in [0.4, 0.5) is 0 Å². The van der Waals surface area contributed by atoms with E-state index in [1.54, 1.807) is 11.9 Å². The molecular weight excluding hydrogens is 242 g/mol. The normalized spacial score (nSPS) is 16.8. The Kier molecular flexibility index (Phi) is 3.92. The number of nitrogens with zero attached hydrogens (tertiary/aromatic N) is 1. The minimum Gasteiger partial charge on any atom is -0.395 e. The van der Waals surface area contributed by atoms with Gasteiger partial charge in [-0.15, -0.1) is 0 Å². The fourth-order valence-corrected chi connectivity index (χ4v) is 2.33. The molecule has 2 rings (SSSR count). The average molecular weight is 263 g/mol. The van der Waals surface area contributed by atoms with Crippen molar-refractivity contribution in [2.75, 3.05) is 26.9 Å². The van der Waals surface area contributed by atoms with Crippen LogP contribution in [-0.4, -0.2) is 42.8 Å². The molecule has 0 aromatic heterocycles. The van der Waals surface area contributed by atoms with E-state index in [2.05, 4.69) is 18.2 Å². The lowest BCUT2D eigenvalue weighted by atomic mass is 9.85. The van der Waals surface area contributed by atoms with Crippen molar-refractivity contribution in [3.63, 3.8) is 0 Å². The monoisotopic (exact) mass is 263 g/mol. The molecule has 0 atom stereocenters. The zero-order valence-electron chi connectivity index (χ0n) is 11.8. The predicted octanol–water partition coefficient (Wildman–Crippen LogP) is 1.27. The molecule has 0 radical (unpaired) electrons. The van der Waals surface area contributed by atoms with E-state index >= 15 is 0 Å². The van der Waals surface area contributed by atoms with Crippen LogP contribution in [0, 0.1) is 19.3 Å². The van der Waals surface area contributed by atoms with Gasteiger partial charge in [0.25, 0.3) is 0 Å². The van der Waals surface area contributed by atoms with Crippen molar-refractivity contribution in [2.24, 2.45) is 5.41 Å². The first kappa shape index (κ1) is 14.0. The summed E-state index contributed by atoms with van der Waals surface area (Å²) in [6.07, 6.45) is 0. The van der Waals surface area contributed by atoms with Crippen molar-refractivity contribution in [1.29, 1.82) is 0 Å². The Hall–Kier alpha value is -1.39. The maximum Gasteiger partial charge on any atom is 0.235 e. The SMILES string of the molecule is Cc1ccc(C)c(CN(C)C(=O)C2(CO)COC2)c1. The molecule has 0 bridgehead atoms. The summed E-state index contributed by atoms with van der Waals surface area (Å²) >= 11 is 0. The molecule has 0 aliphatic carbocycles. The topological polar surface area (TPSA) is 49.8 Å². The van der Waals surface area contributed by atoms with Gasteiger partial charge in [-0.1, -0.05) is 23.8 Å². The highest BCUT2D eigenvalue weighted by Crippen LogP contribution is 2.29. The molecule has 1 amide bonds. The van der Waals surface area contributed by atoms with E-state index in [1.807, 2.05) is 13.8 Å². The molecule has 1 heterocycles. The van der Waals surface area contributed by atoms with E-state index in [0.717, 1.165) is 5.56 Å². The first-order valence-electron chi connectivity index (χ1n) is 6.49. The van der Waals surface area contributed by atoms with Gasteiger partial charge in [0.1, 0.15) is 5.41 Å². The standard InChI is InChI=1S/C15H21NO3/c1-11-4-5-12(2)13(6-11)7-16(3)14(18)15(8-17)9-19-10-15/h4-6,17H,7-10H2,1-3H3. The van der Waals surface area contributed by atoms with E-state index < -0.39 is 5.41 Å². The molecule has 19 heavy (non-hydrogen) atoms. The van der Waals surface area contributed by atoms with Crippen LogP contribution in [0.15, 0.2) is 18.2 Å². The highest BCUT2D eigenvalue weighted by molar-refractivity contribution is 5.83. The Morgan fingerprint density at radius 3 is 2.63 bits per heavy atom. The molecule has 0 unspecified atom stereocenters. The first-order valence-corrected chi connectivity index (χ1v) is 6.49. The fourth-order valence-electron chi connectivity index (χ4n) is 2.33. The second kappa shape index (κ2) is 5.31. The highest BCUT2D eigenvalue weighted by atomic mass is 16.5. The maximum atomic E-state index is 12.4. The number of aliphatic hydroxyl groups excluding tert-OH is 1. The lowest BCUT2D eigenvalue weighted by Gasteiger charge is -2.40. The average Bonchev–Trinajstić information content (AvgIpc) is 2.33. The van der Waals surface area contributed by atoms with Crippen LogP contribution >= 0.6 is 0 Å². The molecule has 0 spiro atoms. The molecule has 1 aliphatic rings. The Labute approximate surface area is 114 Å². The van der Waals surface area contributed by atoms with E-state index in [0.29, 0.717) is 19.8 Å². The van der Waals surface area contributed by atoms with Gasteiger partial charge in [0, 0.05) is 13.6 Å². The Morgan fingerprint density at radius 1 is 1.42 bits per heavy atom. The fraction of sp³-hybridized carbons (Fsp3) is 0.533. The number of hydrogen-bond donors (Lipinski definition) is 1. The number of carbonyl (C=O) groups excluding carboxylic acids is 1. The van der Waals surface area contributed by atoms with Crippen molar-refractivity contribution in [3.05, 3.63) is 34.9 Å². The van der Waals surface area contributed by atoms with Crippen LogP contribution in [0.25, 0.3) is 0 Å². The van der Waals surface area contributed by atoms with Gasteiger partial charge < -0.3 is 14.7 Å². The van der Waals surface area contributed by atoms with E-state index in [1.165, 1.54) is 11.1 Å². The minimum atomic E-state index is -0.716. The largest absolute Gasteiger partial charge is 0.395 e. The number of aliphatic hydroxyl groups is 1. The van der Waals surface area contributed by atoms with Gasteiger partial charge in [-0.25, -0.2) is 0 Å². The number of ether oxygens (including phenoxy) is 1. The Morgan fingerprint density at radius 2 is 2.11 bits per heavy atom. The maximum absolute atomic E-state index is 12.4. The molecule has 1 aliphatic heterocycles. The summed E-state index contributed by atoms with van der Waals surface area (Å²) in [5.74, 6) is -0.0397. The predicted molar refractivity (Wildman–Crippen MR) is 72.7 cm³/mol. The van der Waals surface area contributed by atoms with E-state index in [-0.39, 0.29) is 12.5 Å². The number of aryl methyl sites for hydroxylation is 2. The zero-order valence-corrected chi connectivity index (χ0v) is 11.8. The summed E-state index contributed by atoms with van der Waals surface area (Å²) in [6.45, 7) is 5.14.